The van der Waals surface area contributed by atoms with E-state index in [-0.39, 0.29) is 22.5 Å². The number of amides is 1. The summed E-state index contributed by atoms with van der Waals surface area (Å²) in [6, 6.07) is 10.5. The van der Waals surface area contributed by atoms with Crippen LogP contribution in [0.1, 0.15) is 24.0 Å². The van der Waals surface area contributed by atoms with Crippen LogP contribution in [0.25, 0.3) is 0 Å². The van der Waals surface area contributed by atoms with Crippen LogP contribution in [-0.4, -0.2) is 36.8 Å². The van der Waals surface area contributed by atoms with Gasteiger partial charge in [-0.2, -0.15) is 4.31 Å². The lowest BCUT2D eigenvalue weighted by Gasteiger charge is -2.31. The topological polar surface area (TPSA) is 90.5 Å². The van der Waals surface area contributed by atoms with Crippen LogP contribution < -0.4 is 16.2 Å². The maximum atomic E-state index is 13.1. The van der Waals surface area contributed by atoms with Crippen molar-refractivity contribution in [2.24, 2.45) is 5.92 Å². The number of hydrogen-bond acceptors (Lipinski definition) is 4. The highest BCUT2D eigenvalue weighted by Crippen LogP contribution is 2.24. The average molecular weight is 465 g/mol. The molecule has 0 aromatic heterocycles. The van der Waals surface area contributed by atoms with E-state index in [0.717, 1.165) is 28.9 Å². The zero-order valence-electron chi connectivity index (χ0n) is 17.3. The highest BCUT2D eigenvalue weighted by atomic mass is 32.2. The molecular weight excluding hydrogens is 439 g/mol. The standard InChI is InChI=1S/C21H25FN4O3S2/c1-14-5-3-7-19(15(14)2)23-21(30)25-24-20(27)16-6-4-12-26(13-16)31(28,29)18-10-8-17(22)9-11-18/h3,5,7-11,16H,4,6,12-13H2,1-2H3,(H,24,27)(H2,23,25,30). The molecule has 0 saturated carbocycles. The third-order valence-electron chi connectivity index (χ3n) is 5.36. The molecule has 1 atom stereocenters. The number of piperidine rings is 1. The SMILES string of the molecule is Cc1cccc(NC(=S)NNC(=O)C2CCCN(S(=O)(=O)c3ccc(F)cc3)C2)c1C. The lowest BCUT2D eigenvalue weighted by atomic mass is 9.99. The van der Waals surface area contributed by atoms with Gasteiger partial charge in [0.2, 0.25) is 15.9 Å². The Hall–Kier alpha value is -2.56. The zero-order valence-corrected chi connectivity index (χ0v) is 18.9. The fourth-order valence-corrected chi connectivity index (χ4v) is 5.08. The summed E-state index contributed by atoms with van der Waals surface area (Å²) >= 11 is 5.24. The third kappa shape index (κ3) is 5.57. The summed E-state index contributed by atoms with van der Waals surface area (Å²) in [5.41, 5.74) is 8.23. The second kappa shape index (κ2) is 9.71. The number of aryl methyl sites for hydroxylation is 1. The lowest BCUT2D eigenvalue weighted by molar-refractivity contribution is -0.126. The largest absolute Gasteiger partial charge is 0.331 e. The van der Waals surface area contributed by atoms with Gasteiger partial charge in [0, 0.05) is 18.8 Å². The van der Waals surface area contributed by atoms with E-state index in [4.69, 9.17) is 12.2 Å². The van der Waals surface area contributed by atoms with E-state index in [1.165, 1.54) is 16.4 Å². The molecular formula is C21H25FN4O3S2. The number of benzene rings is 2. The van der Waals surface area contributed by atoms with Gasteiger partial charge in [-0.1, -0.05) is 12.1 Å². The molecule has 0 bridgehead atoms. The fourth-order valence-electron chi connectivity index (χ4n) is 3.39. The molecule has 0 spiro atoms. The number of nitrogens with one attached hydrogen (secondary N) is 3. The molecule has 1 fully saturated rings. The summed E-state index contributed by atoms with van der Waals surface area (Å²) in [4.78, 5) is 12.6. The van der Waals surface area contributed by atoms with E-state index in [1.54, 1.807) is 0 Å². The highest BCUT2D eigenvalue weighted by Gasteiger charge is 2.33. The molecule has 1 aliphatic heterocycles. The summed E-state index contributed by atoms with van der Waals surface area (Å²) in [6.07, 6.45) is 1.10. The predicted molar refractivity (Wildman–Crippen MR) is 121 cm³/mol. The molecule has 2 aromatic rings. The van der Waals surface area contributed by atoms with Crippen molar-refractivity contribution < 1.29 is 17.6 Å². The van der Waals surface area contributed by atoms with Gasteiger partial charge in [-0.3, -0.25) is 15.6 Å². The van der Waals surface area contributed by atoms with Crippen LogP contribution in [0.3, 0.4) is 0 Å². The molecule has 1 heterocycles. The molecule has 3 rings (SSSR count). The van der Waals surface area contributed by atoms with Gasteiger partial charge in [-0.05, 0) is 80.4 Å². The number of nitrogens with zero attached hydrogens (tertiary/aromatic N) is 1. The van der Waals surface area contributed by atoms with Crippen LogP contribution in [0.5, 0.6) is 0 Å². The summed E-state index contributed by atoms with van der Waals surface area (Å²) in [5, 5.41) is 3.27. The molecule has 166 valence electrons. The molecule has 1 aliphatic rings. The molecule has 1 amide bonds. The minimum Gasteiger partial charge on any atom is -0.331 e. The van der Waals surface area contributed by atoms with Crippen molar-refractivity contribution in [1.29, 1.82) is 0 Å². The summed E-state index contributed by atoms with van der Waals surface area (Å²) in [5.74, 6) is -1.38. The molecule has 3 N–H and O–H groups in total. The lowest BCUT2D eigenvalue weighted by Crippen LogP contribution is -2.50. The first-order valence-electron chi connectivity index (χ1n) is 9.87. The number of hydrogen-bond donors (Lipinski definition) is 3. The van der Waals surface area contributed by atoms with Gasteiger partial charge >= 0.3 is 0 Å². The zero-order chi connectivity index (χ0) is 22.6. The maximum absolute atomic E-state index is 13.1. The van der Waals surface area contributed by atoms with Crippen molar-refractivity contribution in [3.63, 3.8) is 0 Å². The average Bonchev–Trinajstić information content (AvgIpc) is 2.75. The Balaban J connectivity index is 1.57. The van der Waals surface area contributed by atoms with Crippen molar-refractivity contribution in [3.8, 4) is 0 Å². The van der Waals surface area contributed by atoms with Gasteiger partial charge in [0.25, 0.3) is 0 Å². The molecule has 0 aliphatic carbocycles. The van der Waals surface area contributed by atoms with E-state index in [0.29, 0.717) is 19.4 Å². The first-order chi connectivity index (χ1) is 14.7. The summed E-state index contributed by atoms with van der Waals surface area (Å²) < 4.78 is 40.0. The summed E-state index contributed by atoms with van der Waals surface area (Å²) in [7, 11) is -3.80. The maximum Gasteiger partial charge on any atom is 0.243 e. The van der Waals surface area contributed by atoms with Crippen LogP contribution in [0.15, 0.2) is 47.4 Å². The Morgan fingerprint density at radius 2 is 1.84 bits per heavy atom. The first-order valence-corrected chi connectivity index (χ1v) is 11.7. The molecule has 10 heteroatoms. The number of carbonyl (C=O) groups is 1. The normalized spacial score (nSPS) is 17.1. The molecule has 31 heavy (non-hydrogen) atoms. The Kier molecular flexibility index (Phi) is 7.24. The van der Waals surface area contributed by atoms with Gasteiger partial charge in [-0.15, -0.1) is 0 Å². The van der Waals surface area contributed by atoms with Gasteiger partial charge < -0.3 is 5.32 Å². The van der Waals surface area contributed by atoms with Crippen molar-refractivity contribution >= 4 is 38.9 Å². The van der Waals surface area contributed by atoms with Crippen LogP contribution in [0.2, 0.25) is 0 Å². The van der Waals surface area contributed by atoms with Crippen molar-refractivity contribution in [1.82, 2.24) is 15.2 Å². The van der Waals surface area contributed by atoms with Crippen LogP contribution >= 0.6 is 12.2 Å². The number of carbonyl (C=O) groups excluding carboxylic acids is 1. The van der Waals surface area contributed by atoms with Crippen LogP contribution in [-0.2, 0) is 14.8 Å². The number of halogens is 1. The monoisotopic (exact) mass is 464 g/mol. The second-order valence-electron chi connectivity index (χ2n) is 7.47. The number of thiocarbonyl (C=S) groups is 1. The molecule has 1 unspecified atom stereocenters. The molecule has 7 nitrogen and oxygen atoms in total. The first kappa shape index (κ1) is 23.1. The molecule has 0 radical (unpaired) electrons. The second-order valence-corrected chi connectivity index (χ2v) is 9.82. The Labute approximate surface area is 187 Å². The molecule has 1 saturated heterocycles. The quantitative estimate of drug-likeness (QED) is 0.476. The fraction of sp³-hybridized carbons (Fsp3) is 0.333. The number of anilines is 1. The number of rotatable bonds is 4. The minimum atomic E-state index is -3.80. The van der Waals surface area contributed by atoms with E-state index < -0.39 is 21.8 Å². The minimum absolute atomic E-state index is 0.00647. The van der Waals surface area contributed by atoms with Gasteiger partial charge in [0.1, 0.15) is 5.82 Å². The van der Waals surface area contributed by atoms with E-state index in [2.05, 4.69) is 16.2 Å². The predicted octanol–water partition coefficient (Wildman–Crippen LogP) is 2.86. The van der Waals surface area contributed by atoms with Crippen molar-refractivity contribution in [2.75, 3.05) is 18.4 Å². The van der Waals surface area contributed by atoms with E-state index >= 15 is 0 Å². The van der Waals surface area contributed by atoms with E-state index in [1.807, 2.05) is 32.0 Å². The highest BCUT2D eigenvalue weighted by molar-refractivity contribution is 7.89. The Bertz CT molecular complexity index is 1070. The van der Waals surface area contributed by atoms with Gasteiger partial charge in [0.05, 0.1) is 10.8 Å². The van der Waals surface area contributed by atoms with Crippen LogP contribution in [0.4, 0.5) is 10.1 Å². The van der Waals surface area contributed by atoms with Gasteiger partial charge in [-0.25, -0.2) is 12.8 Å². The summed E-state index contributed by atoms with van der Waals surface area (Å²) in [6.45, 7) is 4.32. The number of hydrazine groups is 1. The van der Waals surface area contributed by atoms with Crippen LogP contribution in [0, 0.1) is 25.6 Å². The third-order valence-corrected chi connectivity index (χ3v) is 7.44. The van der Waals surface area contributed by atoms with E-state index in [9.17, 15) is 17.6 Å². The van der Waals surface area contributed by atoms with Crippen molar-refractivity contribution in [3.05, 3.63) is 59.4 Å². The number of sulfonamides is 1. The Morgan fingerprint density at radius 1 is 1.13 bits per heavy atom. The Morgan fingerprint density at radius 3 is 2.55 bits per heavy atom. The smallest absolute Gasteiger partial charge is 0.243 e. The van der Waals surface area contributed by atoms with Gasteiger partial charge in [0.15, 0.2) is 5.11 Å². The van der Waals surface area contributed by atoms with Crippen molar-refractivity contribution in [2.45, 2.75) is 31.6 Å². The molecule has 2 aromatic carbocycles.